The monoisotopic (exact) mass is 460 g/mol. The van der Waals surface area contributed by atoms with Crippen LogP contribution in [0.4, 0.5) is 0 Å². The van der Waals surface area contributed by atoms with Gasteiger partial charge in [-0.3, -0.25) is 9.69 Å². The van der Waals surface area contributed by atoms with E-state index in [9.17, 15) is 4.79 Å². The molecule has 0 saturated carbocycles. The van der Waals surface area contributed by atoms with E-state index < -0.39 is 0 Å². The number of hydrogen-bond donors (Lipinski definition) is 1. The molecule has 6 nitrogen and oxygen atoms in total. The Kier molecular flexibility index (Phi) is 7.17. The van der Waals surface area contributed by atoms with Gasteiger partial charge in [0.05, 0.1) is 18.5 Å². The van der Waals surface area contributed by atoms with Crippen molar-refractivity contribution < 1.29 is 9.32 Å². The van der Waals surface area contributed by atoms with Crippen LogP contribution in [-0.2, 0) is 16.8 Å². The number of carbonyl (C=O) groups excluding carboxylic acids is 1. The number of nitrogens with one attached hydrogen (secondary N) is 1. The van der Waals surface area contributed by atoms with Crippen LogP contribution in [0.15, 0.2) is 53.1 Å². The first-order valence-electron chi connectivity index (χ1n) is 12.2. The van der Waals surface area contributed by atoms with Crippen LogP contribution >= 0.6 is 0 Å². The lowest BCUT2D eigenvalue weighted by Crippen LogP contribution is -2.43. The largest absolute Gasteiger partial charge is 0.349 e. The Morgan fingerprint density at radius 3 is 2.62 bits per heavy atom. The Morgan fingerprint density at radius 1 is 1.18 bits per heavy atom. The average Bonchev–Trinajstić information content (AvgIpc) is 3.27. The van der Waals surface area contributed by atoms with Gasteiger partial charge in [0.2, 0.25) is 17.6 Å². The highest BCUT2D eigenvalue weighted by molar-refractivity contribution is 5.79. The summed E-state index contributed by atoms with van der Waals surface area (Å²) in [6.07, 6.45) is 1.88. The molecule has 3 aromatic rings. The van der Waals surface area contributed by atoms with Crippen LogP contribution in [0.25, 0.3) is 11.4 Å². The molecule has 180 valence electrons. The molecular formula is C28H36N4O2. The molecule has 2 heterocycles. The maximum Gasteiger partial charge on any atom is 0.241 e. The molecule has 2 aromatic carbocycles. The Morgan fingerprint density at radius 2 is 1.91 bits per heavy atom. The number of rotatable bonds is 6. The van der Waals surface area contributed by atoms with Crippen LogP contribution in [0.5, 0.6) is 0 Å². The first-order chi connectivity index (χ1) is 16.2. The minimum Gasteiger partial charge on any atom is -0.349 e. The zero-order valence-corrected chi connectivity index (χ0v) is 21.0. The zero-order valence-electron chi connectivity index (χ0n) is 21.0. The lowest BCUT2D eigenvalue weighted by atomic mass is 9.87. The van der Waals surface area contributed by atoms with Gasteiger partial charge in [0, 0.05) is 12.1 Å². The van der Waals surface area contributed by atoms with Crippen molar-refractivity contribution in [1.29, 1.82) is 0 Å². The van der Waals surface area contributed by atoms with Crippen molar-refractivity contribution in [2.45, 2.75) is 65.5 Å². The molecule has 0 radical (unpaired) electrons. The second-order valence-corrected chi connectivity index (χ2v) is 10.5. The fourth-order valence-corrected chi connectivity index (χ4v) is 4.64. The zero-order chi connectivity index (χ0) is 24.3. The molecule has 1 amide bonds. The molecular weight excluding hydrogens is 424 g/mol. The second kappa shape index (κ2) is 10.1. The van der Waals surface area contributed by atoms with Crippen LogP contribution in [0, 0.1) is 12.8 Å². The van der Waals surface area contributed by atoms with Crippen molar-refractivity contribution in [2.24, 2.45) is 5.92 Å². The van der Waals surface area contributed by atoms with E-state index in [2.05, 4.69) is 79.2 Å². The summed E-state index contributed by atoms with van der Waals surface area (Å²) in [4.78, 5) is 19.8. The van der Waals surface area contributed by atoms with E-state index in [1.54, 1.807) is 0 Å². The van der Waals surface area contributed by atoms with Gasteiger partial charge in [-0.05, 0) is 55.3 Å². The van der Waals surface area contributed by atoms with E-state index in [0.29, 0.717) is 24.8 Å². The van der Waals surface area contributed by atoms with E-state index in [4.69, 9.17) is 4.52 Å². The SMILES string of the molecule is Cc1ccccc1C(C)NC(=O)C1CCCN(Cc2nc(-c3ccc(C(C)(C)C)cc3)no2)C1. The molecule has 2 unspecified atom stereocenters. The third-order valence-electron chi connectivity index (χ3n) is 6.73. The summed E-state index contributed by atoms with van der Waals surface area (Å²) in [6.45, 7) is 12.9. The van der Waals surface area contributed by atoms with Crippen molar-refractivity contribution in [3.05, 3.63) is 71.1 Å². The smallest absolute Gasteiger partial charge is 0.241 e. The number of aromatic nitrogens is 2. The van der Waals surface area contributed by atoms with Crippen LogP contribution in [0.3, 0.4) is 0 Å². The number of carbonyl (C=O) groups is 1. The fraction of sp³-hybridized carbons (Fsp3) is 0.464. The Hall–Kier alpha value is -2.99. The molecule has 1 aromatic heterocycles. The average molecular weight is 461 g/mol. The number of amides is 1. The normalized spacial score (nSPS) is 18.0. The second-order valence-electron chi connectivity index (χ2n) is 10.5. The van der Waals surface area contributed by atoms with Crippen molar-refractivity contribution in [3.63, 3.8) is 0 Å². The molecule has 1 fully saturated rings. The Labute approximate surface area is 202 Å². The first kappa shape index (κ1) is 24.1. The fourth-order valence-electron chi connectivity index (χ4n) is 4.64. The van der Waals surface area contributed by atoms with Crippen LogP contribution < -0.4 is 5.32 Å². The van der Waals surface area contributed by atoms with E-state index in [1.165, 1.54) is 11.1 Å². The molecule has 1 saturated heterocycles. The van der Waals surface area contributed by atoms with E-state index in [1.807, 2.05) is 24.3 Å². The molecule has 1 aliphatic rings. The molecule has 0 bridgehead atoms. The van der Waals surface area contributed by atoms with Crippen molar-refractivity contribution in [3.8, 4) is 11.4 Å². The quantitative estimate of drug-likeness (QED) is 0.531. The maximum absolute atomic E-state index is 13.0. The van der Waals surface area contributed by atoms with Gasteiger partial charge in [-0.15, -0.1) is 0 Å². The molecule has 4 rings (SSSR count). The van der Waals surface area contributed by atoms with Crippen LogP contribution in [0.2, 0.25) is 0 Å². The molecule has 1 aliphatic heterocycles. The first-order valence-corrected chi connectivity index (χ1v) is 12.2. The summed E-state index contributed by atoms with van der Waals surface area (Å²) < 4.78 is 5.55. The van der Waals surface area contributed by atoms with Gasteiger partial charge in [-0.1, -0.05) is 74.5 Å². The highest BCUT2D eigenvalue weighted by atomic mass is 16.5. The number of nitrogens with zero attached hydrogens (tertiary/aromatic N) is 3. The summed E-state index contributed by atoms with van der Waals surface area (Å²) >= 11 is 0. The van der Waals surface area contributed by atoms with Crippen molar-refractivity contribution in [2.75, 3.05) is 13.1 Å². The van der Waals surface area contributed by atoms with Gasteiger partial charge in [0.1, 0.15) is 0 Å². The van der Waals surface area contributed by atoms with Crippen LogP contribution in [0.1, 0.15) is 69.2 Å². The van der Waals surface area contributed by atoms with E-state index in [0.717, 1.165) is 30.5 Å². The molecule has 34 heavy (non-hydrogen) atoms. The summed E-state index contributed by atoms with van der Waals surface area (Å²) in [7, 11) is 0. The van der Waals surface area contributed by atoms with E-state index >= 15 is 0 Å². The summed E-state index contributed by atoms with van der Waals surface area (Å²) in [5, 5.41) is 7.40. The Bertz CT molecular complexity index is 1110. The summed E-state index contributed by atoms with van der Waals surface area (Å²) in [5.41, 5.74) is 4.69. The standard InChI is InChI=1S/C28H36N4O2/c1-19-9-6-7-11-24(19)20(2)29-27(33)22-10-8-16-32(17-22)18-25-30-26(31-34-25)21-12-14-23(15-13-21)28(3,4)5/h6-7,9,11-15,20,22H,8,10,16-18H2,1-5H3,(H,29,33). The van der Waals surface area contributed by atoms with Gasteiger partial charge >= 0.3 is 0 Å². The molecule has 0 aliphatic carbocycles. The summed E-state index contributed by atoms with van der Waals surface area (Å²) in [6, 6.07) is 16.5. The maximum atomic E-state index is 13.0. The molecule has 1 N–H and O–H groups in total. The number of aryl methyl sites for hydroxylation is 1. The summed E-state index contributed by atoms with van der Waals surface area (Å²) in [5.74, 6) is 1.27. The van der Waals surface area contributed by atoms with Gasteiger partial charge in [0.25, 0.3) is 0 Å². The van der Waals surface area contributed by atoms with Gasteiger partial charge in [-0.2, -0.15) is 4.98 Å². The highest BCUT2D eigenvalue weighted by Crippen LogP contribution is 2.26. The van der Waals surface area contributed by atoms with Crippen molar-refractivity contribution >= 4 is 5.91 Å². The highest BCUT2D eigenvalue weighted by Gasteiger charge is 2.28. The van der Waals surface area contributed by atoms with Gasteiger partial charge in [-0.25, -0.2) is 0 Å². The van der Waals surface area contributed by atoms with E-state index in [-0.39, 0.29) is 23.3 Å². The minimum atomic E-state index is -0.0347. The number of hydrogen-bond acceptors (Lipinski definition) is 5. The third-order valence-corrected chi connectivity index (χ3v) is 6.73. The van der Waals surface area contributed by atoms with Gasteiger partial charge < -0.3 is 9.84 Å². The predicted octanol–water partition coefficient (Wildman–Crippen LogP) is 5.43. The molecule has 6 heteroatoms. The third kappa shape index (κ3) is 5.73. The number of benzene rings is 2. The molecule has 2 atom stereocenters. The number of piperidine rings is 1. The van der Waals surface area contributed by atoms with Crippen molar-refractivity contribution in [1.82, 2.24) is 20.4 Å². The lowest BCUT2D eigenvalue weighted by Gasteiger charge is -2.31. The minimum absolute atomic E-state index is 0.00718. The van der Waals surface area contributed by atoms with Crippen LogP contribution in [-0.4, -0.2) is 34.0 Å². The van der Waals surface area contributed by atoms with Gasteiger partial charge in [0.15, 0.2) is 0 Å². The topological polar surface area (TPSA) is 71.3 Å². The Balaban J connectivity index is 1.35. The molecule has 0 spiro atoms. The number of likely N-dealkylation sites (tertiary alicyclic amines) is 1. The predicted molar refractivity (Wildman–Crippen MR) is 134 cm³/mol. The lowest BCUT2D eigenvalue weighted by molar-refractivity contribution is -0.127.